The second kappa shape index (κ2) is 7.75. The lowest BCUT2D eigenvalue weighted by molar-refractivity contribution is -0.126. The number of piperidine rings is 1. The van der Waals surface area contributed by atoms with Crippen LogP contribution in [0.25, 0.3) is 11.3 Å². The van der Waals surface area contributed by atoms with E-state index in [1.807, 2.05) is 24.1 Å². The molecule has 1 aromatic heterocycles. The van der Waals surface area contributed by atoms with Gasteiger partial charge in [0, 0.05) is 50.6 Å². The molecule has 0 spiro atoms. The molecule has 3 aliphatic heterocycles. The Labute approximate surface area is 181 Å². The van der Waals surface area contributed by atoms with Crippen LogP contribution < -0.4 is 10.2 Å². The Balaban J connectivity index is 1.32. The lowest BCUT2D eigenvalue weighted by Crippen LogP contribution is -2.55. The summed E-state index contributed by atoms with van der Waals surface area (Å²) in [6, 6.07) is 5.58. The molecular formula is C23H28FN5O2. The summed E-state index contributed by atoms with van der Waals surface area (Å²) in [5.74, 6) is 0.958. The Kier molecular flexibility index (Phi) is 5.04. The highest BCUT2D eigenvalue weighted by Crippen LogP contribution is 2.36. The molecule has 4 heterocycles. The number of likely N-dealkylation sites (tertiary alicyclic amines) is 1. The Morgan fingerprint density at radius 3 is 2.77 bits per heavy atom. The molecule has 8 heteroatoms. The zero-order valence-corrected chi connectivity index (χ0v) is 17.8. The minimum atomic E-state index is -0.927. The number of nitrogens with one attached hydrogen (secondary N) is 1. The maximum atomic E-state index is 14.9. The van der Waals surface area contributed by atoms with Gasteiger partial charge in [-0.15, -0.1) is 0 Å². The zero-order chi connectivity index (χ0) is 21.7. The number of anilines is 1. The van der Waals surface area contributed by atoms with Crippen LogP contribution in [0, 0.1) is 0 Å². The number of rotatable bonds is 4. The molecule has 3 fully saturated rings. The first-order chi connectivity index (χ1) is 14.9. The van der Waals surface area contributed by atoms with Crippen molar-refractivity contribution < 1.29 is 14.3 Å². The van der Waals surface area contributed by atoms with Crippen molar-refractivity contribution in [3.8, 4) is 17.0 Å². The Morgan fingerprint density at radius 1 is 1.26 bits per heavy atom. The minimum Gasteiger partial charge on any atom is -0.507 e. The molecule has 2 N–H and O–H groups in total. The number of alkyl halides is 1. The summed E-state index contributed by atoms with van der Waals surface area (Å²) in [5.41, 5.74) is 2.09. The lowest BCUT2D eigenvalue weighted by atomic mass is 9.96. The predicted molar refractivity (Wildman–Crippen MR) is 116 cm³/mol. The van der Waals surface area contributed by atoms with E-state index in [1.165, 1.54) is 0 Å². The smallest absolute Gasteiger partial charge is 0.223 e. The van der Waals surface area contributed by atoms with Gasteiger partial charge in [0.05, 0.1) is 24.1 Å². The number of likely N-dealkylation sites (N-methyl/N-ethyl adjacent to an activating group) is 1. The lowest BCUT2D eigenvalue weighted by Gasteiger charge is -2.38. The van der Waals surface area contributed by atoms with Crippen LogP contribution in [0.15, 0.2) is 30.6 Å². The van der Waals surface area contributed by atoms with Gasteiger partial charge in [0.15, 0.2) is 0 Å². The van der Waals surface area contributed by atoms with Crippen LogP contribution in [-0.2, 0) is 4.79 Å². The number of carbonyl (C=O) groups excluding carboxylic acids is 1. The van der Waals surface area contributed by atoms with Gasteiger partial charge in [-0.25, -0.2) is 9.37 Å². The first-order valence-electron chi connectivity index (χ1n) is 10.9. The number of nitrogens with zero attached hydrogens (tertiary/aromatic N) is 4. The number of phenols is 1. The molecular weight excluding hydrogens is 397 g/mol. The average Bonchev–Trinajstić information content (AvgIpc) is 3.34. The van der Waals surface area contributed by atoms with Crippen molar-refractivity contribution >= 4 is 11.7 Å². The number of hydrogen-bond acceptors (Lipinski definition) is 6. The van der Waals surface area contributed by atoms with Gasteiger partial charge >= 0.3 is 0 Å². The summed E-state index contributed by atoms with van der Waals surface area (Å²) < 4.78 is 14.9. The third kappa shape index (κ3) is 3.63. The highest BCUT2D eigenvalue weighted by atomic mass is 19.1. The van der Waals surface area contributed by atoms with E-state index in [4.69, 9.17) is 0 Å². The molecule has 164 valence electrons. The fraction of sp³-hybridized carbons (Fsp3) is 0.522. The largest absolute Gasteiger partial charge is 0.507 e. The molecule has 1 amide bonds. The van der Waals surface area contributed by atoms with Gasteiger partial charge in [0.2, 0.25) is 5.91 Å². The quantitative estimate of drug-likeness (QED) is 0.783. The minimum absolute atomic E-state index is 0.0659. The highest BCUT2D eigenvalue weighted by Gasteiger charge is 2.43. The van der Waals surface area contributed by atoms with Crippen molar-refractivity contribution in [3.63, 3.8) is 0 Å². The summed E-state index contributed by atoms with van der Waals surface area (Å²) in [6.45, 7) is 0.659. The van der Waals surface area contributed by atoms with Crippen LogP contribution in [0.5, 0.6) is 5.75 Å². The number of halogens is 1. The summed E-state index contributed by atoms with van der Waals surface area (Å²) in [4.78, 5) is 24.4. The second-order valence-corrected chi connectivity index (χ2v) is 9.12. The molecule has 0 aliphatic carbocycles. The number of aromatic nitrogens is 2. The zero-order valence-electron chi connectivity index (χ0n) is 17.8. The molecule has 3 saturated heterocycles. The number of benzene rings is 1. The third-order valence-corrected chi connectivity index (χ3v) is 7.16. The van der Waals surface area contributed by atoms with Gasteiger partial charge in [-0.1, -0.05) is 6.07 Å². The summed E-state index contributed by atoms with van der Waals surface area (Å²) in [5, 5.41) is 13.9. The van der Waals surface area contributed by atoms with E-state index >= 15 is 0 Å². The standard InChI is InChI=1S/C23H28FN5O2/c1-28-12-14(8-22(28)31)13-3-5-16(20(30)7-13)18-10-26-21(11-25-18)29(2)19-9-15-4-6-17(27-15)23(19)24/h3,5,7,10-11,14-15,17,19,23,27,30H,4,6,8-9,12H2,1-2H3/t14-,15-,17+,19-,23+/m1/s1. The van der Waals surface area contributed by atoms with Gasteiger partial charge in [-0.2, -0.15) is 0 Å². The van der Waals surface area contributed by atoms with Crippen LogP contribution in [0.2, 0.25) is 0 Å². The van der Waals surface area contributed by atoms with E-state index in [1.54, 1.807) is 30.4 Å². The molecule has 3 aliphatic rings. The number of carbonyl (C=O) groups is 1. The number of hydrogen-bond donors (Lipinski definition) is 2. The van der Waals surface area contributed by atoms with Crippen molar-refractivity contribution in [1.82, 2.24) is 20.2 Å². The summed E-state index contributed by atoms with van der Waals surface area (Å²) in [6.07, 6.45) is 5.48. The predicted octanol–water partition coefficient (Wildman–Crippen LogP) is 2.46. The Morgan fingerprint density at radius 2 is 2.10 bits per heavy atom. The molecule has 0 unspecified atom stereocenters. The maximum absolute atomic E-state index is 14.9. The van der Waals surface area contributed by atoms with E-state index in [0.29, 0.717) is 36.1 Å². The van der Waals surface area contributed by atoms with Crippen molar-refractivity contribution in [2.45, 2.75) is 55.9 Å². The van der Waals surface area contributed by atoms with Gasteiger partial charge in [0.1, 0.15) is 17.7 Å². The SMILES string of the molecule is CN1C[C@H](c2ccc(-c3cnc(N(C)[C@@H]4C[C@H]5CC[C@H](N5)[C@@H]4F)cn3)c(O)c2)CC1=O. The van der Waals surface area contributed by atoms with Gasteiger partial charge in [-0.05, 0) is 37.0 Å². The van der Waals surface area contributed by atoms with Crippen LogP contribution in [-0.4, -0.2) is 70.8 Å². The number of fused-ring (bicyclic) bond motifs is 2. The van der Waals surface area contributed by atoms with E-state index in [2.05, 4.69) is 15.3 Å². The Hall–Kier alpha value is -2.74. The number of amides is 1. The molecule has 0 saturated carbocycles. The first kappa shape index (κ1) is 20.2. The molecule has 1 aromatic carbocycles. The first-order valence-corrected chi connectivity index (χ1v) is 10.9. The fourth-order valence-corrected chi connectivity index (χ4v) is 5.27. The average molecular weight is 426 g/mol. The van der Waals surface area contributed by atoms with Crippen LogP contribution in [0.3, 0.4) is 0 Å². The molecule has 7 nitrogen and oxygen atoms in total. The van der Waals surface area contributed by atoms with Gasteiger partial charge < -0.3 is 20.2 Å². The normalized spacial score (nSPS) is 30.1. The van der Waals surface area contributed by atoms with E-state index in [9.17, 15) is 14.3 Å². The van der Waals surface area contributed by atoms with Crippen molar-refractivity contribution in [3.05, 3.63) is 36.2 Å². The van der Waals surface area contributed by atoms with Gasteiger partial charge in [-0.3, -0.25) is 9.78 Å². The van der Waals surface area contributed by atoms with E-state index in [-0.39, 0.29) is 29.7 Å². The monoisotopic (exact) mass is 425 g/mol. The number of aromatic hydroxyl groups is 1. The molecule has 31 heavy (non-hydrogen) atoms. The molecule has 2 bridgehead atoms. The summed E-state index contributed by atoms with van der Waals surface area (Å²) >= 11 is 0. The van der Waals surface area contributed by atoms with Crippen LogP contribution >= 0.6 is 0 Å². The van der Waals surface area contributed by atoms with Crippen molar-refractivity contribution in [2.24, 2.45) is 0 Å². The van der Waals surface area contributed by atoms with E-state index < -0.39 is 6.17 Å². The molecule has 5 atom stereocenters. The fourth-order valence-electron chi connectivity index (χ4n) is 5.27. The van der Waals surface area contributed by atoms with Crippen molar-refractivity contribution in [2.75, 3.05) is 25.5 Å². The van der Waals surface area contributed by atoms with E-state index in [0.717, 1.165) is 24.8 Å². The topological polar surface area (TPSA) is 81.6 Å². The van der Waals surface area contributed by atoms with Crippen molar-refractivity contribution in [1.29, 1.82) is 0 Å². The maximum Gasteiger partial charge on any atom is 0.223 e. The molecule has 2 aromatic rings. The van der Waals surface area contributed by atoms with Crippen LogP contribution in [0.4, 0.5) is 10.2 Å². The highest BCUT2D eigenvalue weighted by molar-refractivity contribution is 5.79. The van der Waals surface area contributed by atoms with Crippen LogP contribution in [0.1, 0.15) is 37.2 Å². The molecule has 0 radical (unpaired) electrons. The molecule has 5 rings (SSSR count). The van der Waals surface area contributed by atoms with Gasteiger partial charge in [0.25, 0.3) is 0 Å². The summed E-state index contributed by atoms with van der Waals surface area (Å²) in [7, 11) is 3.67. The Bertz CT molecular complexity index is 984. The second-order valence-electron chi connectivity index (χ2n) is 9.12. The number of phenolic OH excluding ortho intramolecular Hbond substituents is 1. The third-order valence-electron chi connectivity index (χ3n) is 7.16.